The summed E-state index contributed by atoms with van der Waals surface area (Å²) < 4.78 is 5.59. The van der Waals surface area contributed by atoms with E-state index in [1.54, 1.807) is 0 Å². The number of carbonyl (C=O) groups excluding carboxylic acids is 1. The number of para-hydroxylation sites is 1. The zero-order valence-electron chi connectivity index (χ0n) is 11.2. The highest BCUT2D eigenvalue weighted by Gasteiger charge is 2.25. The van der Waals surface area contributed by atoms with E-state index in [4.69, 9.17) is 15.7 Å². The highest BCUT2D eigenvalue weighted by Crippen LogP contribution is 2.26. The highest BCUT2D eigenvalue weighted by molar-refractivity contribution is 5.80. The molecule has 1 heterocycles. The topological polar surface area (TPSA) is 96.9 Å². The van der Waals surface area contributed by atoms with Gasteiger partial charge in [-0.15, -0.1) is 0 Å². The Morgan fingerprint density at radius 3 is 3.10 bits per heavy atom. The monoisotopic (exact) mass is 277 g/mol. The molecule has 1 aromatic carbocycles. The molecular weight excluding hydrogens is 258 g/mol. The van der Waals surface area contributed by atoms with Gasteiger partial charge in [-0.25, -0.2) is 0 Å². The first-order valence-electron chi connectivity index (χ1n) is 6.65. The molecule has 1 aliphatic heterocycles. The molecule has 0 radical (unpaired) electrons. The average molecular weight is 277 g/mol. The number of nitrogens with two attached hydrogens (primary N) is 1. The first-order valence-corrected chi connectivity index (χ1v) is 6.65. The molecule has 1 amide bonds. The number of fused-ring (bicyclic) bond motifs is 1. The maximum Gasteiger partial charge on any atom is 0.226 e. The third-order valence-corrected chi connectivity index (χ3v) is 3.29. The van der Waals surface area contributed by atoms with Crippen LogP contribution in [0.15, 0.2) is 29.4 Å². The van der Waals surface area contributed by atoms with Crippen molar-refractivity contribution >= 4 is 11.7 Å². The van der Waals surface area contributed by atoms with Crippen LogP contribution in [0.5, 0.6) is 5.75 Å². The molecule has 6 nitrogen and oxygen atoms in total. The number of ether oxygens (including phenoxy) is 1. The van der Waals surface area contributed by atoms with E-state index in [2.05, 4.69) is 10.5 Å². The first kappa shape index (κ1) is 14.2. The minimum absolute atomic E-state index is 0.0148. The van der Waals surface area contributed by atoms with Gasteiger partial charge in [0.1, 0.15) is 18.2 Å². The number of nitrogens with zero attached hydrogens (tertiary/aromatic N) is 1. The van der Waals surface area contributed by atoms with Crippen molar-refractivity contribution in [3.8, 4) is 5.75 Å². The van der Waals surface area contributed by atoms with E-state index in [0.717, 1.165) is 11.3 Å². The summed E-state index contributed by atoms with van der Waals surface area (Å²) in [6, 6.07) is 7.76. The molecule has 108 valence electrons. The Hall–Kier alpha value is -2.24. The van der Waals surface area contributed by atoms with Gasteiger partial charge in [-0.2, -0.15) is 0 Å². The number of hydrogen-bond donors (Lipinski definition) is 3. The average Bonchev–Trinajstić information content (AvgIpc) is 2.50. The van der Waals surface area contributed by atoms with Crippen molar-refractivity contribution in [1.29, 1.82) is 0 Å². The van der Waals surface area contributed by atoms with Crippen molar-refractivity contribution in [1.82, 2.24) is 5.32 Å². The summed E-state index contributed by atoms with van der Waals surface area (Å²) in [4.78, 5) is 12.0. The molecule has 0 bridgehead atoms. The number of oxime groups is 1. The van der Waals surface area contributed by atoms with Crippen molar-refractivity contribution in [3.05, 3.63) is 29.8 Å². The van der Waals surface area contributed by atoms with Crippen LogP contribution in [0.25, 0.3) is 0 Å². The molecule has 0 fully saturated rings. The molecule has 0 aromatic heterocycles. The number of hydrogen-bond acceptors (Lipinski definition) is 4. The van der Waals surface area contributed by atoms with E-state index in [1.165, 1.54) is 0 Å². The maximum absolute atomic E-state index is 12.0. The first-order chi connectivity index (χ1) is 9.70. The van der Waals surface area contributed by atoms with E-state index < -0.39 is 0 Å². The number of carbonyl (C=O) groups is 1. The maximum atomic E-state index is 12.0. The Kier molecular flexibility index (Phi) is 4.81. The van der Waals surface area contributed by atoms with E-state index in [0.29, 0.717) is 32.4 Å². The lowest BCUT2D eigenvalue weighted by atomic mass is 9.96. The molecule has 0 spiro atoms. The zero-order chi connectivity index (χ0) is 14.4. The summed E-state index contributed by atoms with van der Waals surface area (Å²) in [5.41, 5.74) is 6.42. The Bertz CT molecular complexity index is 502. The number of amidine groups is 1. The molecule has 1 aliphatic rings. The van der Waals surface area contributed by atoms with Gasteiger partial charge in [0.25, 0.3) is 0 Å². The predicted molar refractivity (Wildman–Crippen MR) is 74.8 cm³/mol. The summed E-state index contributed by atoms with van der Waals surface area (Å²) in [5, 5.41) is 14.1. The number of nitrogens with one attached hydrogen (secondary N) is 1. The fourth-order valence-corrected chi connectivity index (χ4v) is 2.17. The van der Waals surface area contributed by atoms with E-state index in [9.17, 15) is 4.79 Å². The standard InChI is InChI=1S/C14H19N3O3/c15-13(17-19)6-3-7-16-14(18)11-8-10-4-1-2-5-12(10)20-9-11/h1-2,4-5,11,19H,3,6-9H2,(H2,15,17)(H,16,18). The van der Waals surface area contributed by atoms with Gasteiger partial charge in [-0.3, -0.25) is 4.79 Å². The second-order valence-electron chi connectivity index (χ2n) is 4.81. The van der Waals surface area contributed by atoms with Gasteiger partial charge in [0.15, 0.2) is 0 Å². The molecule has 0 saturated carbocycles. The minimum Gasteiger partial charge on any atom is -0.492 e. The second kappa shape index (κ2) is 6.79. The van der Waals surface area contributed by atoms with Gasteiger partial charge in [0, 0.05) is 13.0 Å². The van der Waals surface area contributed by atoms with Crippen molar-refractivity contribution in [2.45, 2.75) is 19.3 Å². The molecule has 6 heteroatoms. The van der Waals surface area contributed by atoms with Crippen LogP contribution < -0.4 is 15.8 Å². The fraction of sp³-hybridized carbons (Fsp3) is 0.429. The summed E-state index contributed by atoms with van der Waals surface area (Å²) in [7, 11) is 0. The molecule has 0 saturated heterocycles. The molecule has 1 aromatic rings. The SMILES string of the molecule is NC(CCCNC(=O)C1COc2ccccc2C1)=NO. The van der Waals surface area contributed by atoms with E-state index in [1.807, 2.05) is 24.3 Å². The van der Waals surface area contributed by atoms with Crippen LogP contribution in [0.3, 0.4) is 0 Å². The normalized spacial score (nSPS) is 18.0. The lowest BCUT2D eigenvalue weighted by Crippen LogP contribution is -2.37. The van der Waals surface area contributed by atoms with Gasteiger partial charge in [0.05, 0.1) is 5.92 Å². The van der Waals surface area contributed by atoms with Crippen LogP contribution in [0.4, 0.5) is 0 Å². The van der Waals surface area contributed by atoms with Gasteiger partial charge in [-0.1, -0.05) is 23.4 Å². The summed E-state index contributed by atoms with van der Waals surface area (Å²) in [6.45, 7) is 0.913. The lowest BCUT2D eigenvalue weighted by molar-refractivity contribution is -0.126. The molecule has 4 N–H and O–H groups in total. The Balaban J connectivity index is 1.77. The van der Waals surface area contributed by atoms with Crippen LogP contribution in [0, 0.1) is 5.92 Å². The third-order valence-electron chi connectivity index (χ3n) is 3.29. The Morgan fingerprint density at radius 1 is 1.50 bits per heavy atom. The largest absolute Gasteiger partial charge is 0.492 e. The lowest BCUT2D eigenvalue weighted by Gasteiger charge is -2.24. The quantitative estimate of drug-likeness (QED) is 0.245. The zero-order valence-corrected chi connectivity index (χ0v) is 11.2. The van der Waals surface area contributed by atoms with Gasteiger partial charge >= 0.3 is 0 Å². The molecule has 0 aliphatic carbocycles. The summed E-state index contributed by atoms with van der Waals surface area (Å²) in [6.07, 6.45) is 1.80. The fourth-order valence-electron chi connectivity index (χ4n) is 2.17. The van der Waals surface area contributed by atoms with Crippen LogP contribution in [0.2, 0.25) is 0 Å². The predicted octanol–water partition coefficient (Wildman–Crippen LogP) is 0.880. The van der Waals surface area contributed by atoms with Gasteiger partial charge < -0.3 is 21.0 Å². The molecule has 1 unspecified atom stereocenters. The highest BCUT2D eigenvalue weighted by atomic mass is 16.5. The summed E-state index contributed by atoms with van der Waals surface area (Å²) in [5.74, 6) is 0.866. The number of benzene rings is 1. The van der Waals surface area contributed by atoms with Crippen LogP contribution in [0.1, 0.15) is 18.4 Å². The van der Waals surface area contributed by atoms with Crippen molar-refractivity contribution < 1.29 is 14.7 Å². The smallest absolute Gasteiger partial charge is 0.226 e. The van der Waals surface area contributed by atoms with E-state index >= 15 is 0 Å². The van der Waals surface area contributed by atoms with Crippen LogP contribution >= 0.6 is 0 Å². The Morgan fingerprint density at radius 2 is 2.30 bits per heavy atom. The second-order valence-corrected chi connectivity index (χ2v) is 4.81. The van der Waals surface area contributed by atoms with Crippen LogP contribution in [-0.4, -0.2) is 30.1 Å². The van der Waals surface area contributed by atoms with Gasteiger partial charge in [-0.05, 0) is 24.5 Å². The molecule has 1 atom stereocenters. The number of rotatable bonds is 5. The van der Waals surface area contributed by atoms with Crippen molar-refractivity contribution in [2.24, 2.45) is 16.8 Å². The summed E-state index contributed by atoms with van der Waals surface area (Å²) >= 11 is 0. The minimum atomic E-state index is -0.159. The number of amides is 1. The molecule has 20 heavy (non-hydrogen) atoms. The molecular formula is C14H19N3O3. The van der Waals surface area contributed by atoms with Crippen LogP contribution in [-0.2, 0) is 11.2 Å². The van der Waals surface area contributed by atoms with Crippen molar-refractivity contribution in [3.63, 3.8) is 0 Å². The van der Waals surface area contributed by atoms with E-state index in [-0.39, 0.29) is 17.7 Å². The Labute approximate surface area is 117 Å². The third kappa shape index (κ3) is 3.63. The van der Waals surface area contributed by atoms with Crippen molar-refractivity contribution in [2.75, 3.05) is 13.2 Å². The van der Waals surface area contributed by atoms with Gasteiger partial charge in [0.2, 0.25) is 5.91 Å². The molecule has 2 rings (SSSR count).